The maximum atomic E-state index is 11.6. The molecule has 1 aliphatic heterocycles. The molecule has 124 valence electrons. The van der Waals surface area contributed by atoms with Crippen molar-refractivity contribution in [3.05, 3.63) is 22.7 Å². The van der Waals surface area contributed by atoms with Crippen LogP contribution in [0.1, 0.15) is 6.23 Å². The van der Waals surface area contributed by atoms with E-state index < -0.39 is 56.3 Å². The van der Waals surface area contributed by atoms with Crippen LogP contribution in [0.25, 0.3) is 0 Å². The van der Waals surface area contributed by atoms with Gasteiger partial charge in [0.15, 0.2) is 6.23 Å². The van der Waals surface area contributed by atoms with Crippen LogP contribution in [0.3, 0.4) is 0 Å². The molecule has 0 saturated carbocycles. The molecular weight excluding hydrogens is 346 g/mol. The second-order valence-corrected chi connectivity index (χ2v) is 6.54. The molecule has 0 unspecified atom stereocenters. The molecule has 0 spiro atoms. The summed E-state index contributed by atoms with van der Waals surface area (Å²) in [5, 5.41) is 40.3. The van der Waals surface area contributed by atoms with Crippen LogP contribution in [0, 0.1) is 0 Å². The van der Waals surface area contributed by atoms with E-state index in [0.29, 0.717) is 0 Å². The fraction of sp³-hybridized carbons (Fsp3) is 0.600. The summed E-state index contributed by atoms with van der Waals surface area (Å²) in [6.07, 6.45) is -8.08. The maximum Gasteiger partial charge on any atom is 1.00 e. The van der Waals surface area contributed by atoms with Crippen molar-refractivity contribution >= 4 is 7.94 Å². The summed E-state index contributed by atoms with van der Waals surface area (Å²) in [6, 6.07) is 0.934. The van der Waals surface area contributed by atoms with Gasteiger partial charge in [-0.05, 0) is 11.9 Å². The summed E-state index contributed by atoms with van der Waals surface area (Å²) in [5.41, 5.74) is -1.03. The van der Waals surface area contributed by atoms with Gasteiger partial charge in [-0.25, -0.2) is 19.6 Å². The van der Waals surface area contributed by atoms with E-state index in [2.05, 4.69) is 4.98 Å². The smallest absolute Gasteiger partial charge is 0.858 e. The van der Waals surface area contributed by atoms with E-state index in [9.17, 15) is 30.1 Å². The summed E-state index contributed by atoms with van der Waals surface area (Å²) in [5.74, 6) is -0.799. The van der Waals surface area contributed by atoms with Crippen molar-refractivity contribution in [2.24, 2.45) is 0 Å². The van der Waals surface area contributed by atoms with Gasteiger partial charge >= 0.3 is 35.2 Å². The Bertz CT molecular complexity index is 594. The van der Waals surface area contributed by atoms with Crippen LogP contribution in [0.2, 0.25) is 0 Å². The van der Waals surface area contributed by atoms with E-state index in [0.717, 1.165) is 16.8 Å². The predicted octanol–water partition coefficient (Wildman–Crippen LogP) is -7.59. The Morgan fingerprint density at radius 1 is 1.39 bits per heavy atom. The number of aliphatic hydroxyl groups is 3. The Labute approximate surface area is 152 Å². The normalized spacial score (nSPS) is 29.1. The van der Waals surface area contributed by atoms with Crippen LogP contribution < -0.4 is 45.2 Å². The number of rotatable bonds is 4. The van der Waals surface area contributed by atoms with Crippen LogP contribution >= 0.6 is 7.94 Å². The first-order valence-electron chi connectivity index (χ1n) is 6.10. The average Bonchev–Trinajstić information content (AvgIpc) is 2.65. The molecule has 1 aromatic heterocycles. The van der Waals surface area contributed by atoms with Crippen molar-refractivity contribution in [3.63, 3.8) is 0 Å². The van der Waals surface area contributed by atoms with Crippen molar-refractivity contribution in [1.82, 2.24) is 9.55 Å². The van der Waals surface area contributed by atoms with Gasteiger partial charge in [0.2, 0.25) is 7.94 Å². The molecule has 11 nitrogen and oxygen atoms in total. The van der Waals surface area contributed by atoms with Gasteiger partial charge in [-0.3, -0.25) is 4.57 Å². The molecule has 1 saturated heterocycles. The fourth-order valence-corrected chi connectivity index (χ4v) is 2.87. The van der Waals surface area contributed by atoms with Crippen molar-refractivity contribution < 1.29 is 69.4 Å². The van der Waals surface area contributed by atoms with Crippen LogP contribution in [-0.2, 0) is 4.74 Å². The van der Waals surface area contributed by atoms with Crippen LogP contribution in [-0.4, -0.2) is 65.2 Å². The minimum absolute atomic E-state index is 0. The van der Waals surface area contributed by atoms with Gasteiger partial charge in [-0.1, -0.05) is 0 Å². The van der Waals surface area contributed by atoms with Crippen molar-refractivity contribution in [1.29, 1.82) is 0 Å². The molecule has 13 heteroatoms. The average molecular weight is 360 g/mol. The standard InChI is InChI=1S/C10H15N2O9P.Na/c13-4(3-22(18,19)20)8-6(15)7(16)9(21-8)12-2-1-5(14)11-10(12)17;/h1-2,4,6-9,13,15-16H,3H2,(H,11,14,17)(H2,18,19,20);/q;+1/p-1/t4-,6-,7+,8+,9+;/m0./s1. The van der Waals surface area contributed by atoms with Crippen LogP contribution in [0.4, 0.5) is 0 Å². The summed E-state index contributed by atoms with van der Waals surface area (Å²) >= 11 is 0. The summed E-state index contributed by atoms with van der Waals surface area (Å²) in [6.45, 7) is 0. The molecule has 2 heterocycles. The van der Waals surface area contributed by atoms with Gasteiger partial charge in [-0.15, -0.1) is 0 Å². The fourth-order valence-electron chi connectivity index (χ4n) is 2.17. The third-order valence-corrected chi connectivity index (χ3v) is 4.01. The van der Waals surface area contributed by atoms with E-state index in [4.69, 9.17) is 14.5 Å². The second kappa shape index (κ2) is 7.81. The molecule has 0 aromatic carbocycles. The second-order valence-electron chi connectivity index (χ2n) is 4.84. The third kappa shape index (κ3) is 4.91. The molecule has 0 bridgehead atoms. The zero-order chi connectivity index (χ0) is 16.7. The number of aromatic nitrogens is 2. The van der Waals surface area contributed by atoms with Gasteiger partial charge in [0.05, 0.1) is 0 Å². The number of hydrogen-bond acceptors (Lipinski definition) is 10. The first-order chi connectivity index (χ1) is 10.1. The molecule has 23 heavy (non-hydrogen) atoms. The van der Waals surface area contributed by atoms with E-state index in [1.807, 2.05) is 0 Å². The molecule has 0 amide bonds. The molecule has 0 radical (unpaired) electrons. The van der Waals surface area contributed by atoms with Gasteiger partial charge < -0.3 is 30.1 Å². The molecule has 0 aliphatic carbocycles. The molecule has 5 atom stereocenters. The van der Waals surface area contributed by atoms with Gasteiger partial charge in [0.1, 0.15) is 30.6 Å². The summed E-state index contributed by atoms with van der Waals surface area (Å²) < 4.78 is 5.86. The van der Waals surface area contributed by atoms with Crippen molar-refractivity contribution in [2.75, 3.05) is 6.16 Å². The third-order valence-electron chi connectivity index (χ3n) is 3.16. The van der Waals surface area contributed by atoms with Crippen molar-refractivity contribution in [3.8, 4) is 5.88 Å². The Morgan fingerprint density at radius 2 is 2.00 bits per heavy atom. The van der Waals surface area contributed by atoms with Gasteiger partial charge in [0, 0.05) is 6.20 Å². The Morgan fingerprint density at radius 3 is 2.52 bits per heavy atom. The topological polar surface area (TPSA) is 191 Å². The largest absolute Gasteiger partial charge is 1.00 e. The monoisotopic (exact) mass is 360 g/mol. The molecule has 1 aliphatic rings. The number of nitrogens with zero attached hydrogens (tertiary/aromatic N) is 2. The molecule has 1 aromatic rings. The Hall–Kier alpha value is -0.170. The van der Waals surface area contributed by atoms with E-state index in [-0.39, 0.29) is 29.6 Å². The quantitative estimate of drug-likeness (QED) is 0.254. The molecular formula is C10H14N2NaO9P. The zero-order valence-corrected chi connectivity index (χ0v) is 14.9. The van der Waals surface area contributed by atoms with Gasteiger partial charge in [-0.2, -0.15) is 0 Å². The Kier molecular flexibility index (Phi) is 7.09. The first kappa shape index (κ1) is 20.9. The summed E-state index contributed by atoms with van der Waals surface area (Å²) in [4.78, 5) is 43.2. The van der Waals surface area contributed by atoms with Gasteiger partial charge in [0.25, 0.3) is 0 Å². The van der Waals surface area contributed by atoms with Crippen molar-refractivity contribution in [2.45, 2.75) is 30.6 Å². The molecule has 2 rings (SSSR count). The number of aliphatic hydroxyl groups excluding tert-OH is 3. The Balaban J connectivity index is 0.00000264. The van der Waals surface area contributed by atoms with Crippen LogP contribution in [0.15, 0.2) is 17.1 Å². The first-order valence-corrected chi connectivity index (χ1v) is 7.90. The van der Waals surface area contributed by atoms with E-state index >= 15 is 0 Å². The predicted molar refractivity (Wildman–Crippen MR) is 66.1 cm³/mol. The minimum atomic E-state index is -4.57. The zero-order valence-electron chi connectivity index (χ0n) is 12.0. The van der Waals surface area contributed by atoms with E-state index in [1.54, 1.807) is 0 Å². The number of hydrogen-bond donors (Lipinski definition) is 5. The maximum absolute atomic E-state index is 11.6. The minimum Gasteiger partial charge on any atom is -0.858 e. The van der Waals surface area contributed by atoms with E-state index in [1.165, 1.54) is 0 Å². The molecule has 1 fully saturated rings. The summed E-state index contributed by atoms with van der Waals surface area (Å²) in [7, 11) is -4.57. The molecule has 5 N–H and O–H groups in total. The SMILES string of the molecule is O=c1nc([O-])ccn1[C@@H]1O[C@H]([C@@H](O)C[P+]([O-])(O)O)[C@@H](O)[C@H]1O.[Na+]. The number of ether oxygens (including phenoxy) is 1. The van der Waals surface area contributed by atoms with Crippen LogP contribution in [0.5, 0.6) is 5.88 Å².